The van der Waals surface area contributed by atoms with Crippen LogP contribution in [0.3, 0.4) is 0 Å². The van der Waals surface area contributed by atoms with Crippen molar-refractivity contribution in [1.82, 2.24) is 39.8 Å². The van der Waals surface area contributed by atoms with E-state index in [1.165, 1.54) is 12.1 Å². The van der Waals surface area contributed by atoms with Gasteiger partial charge in [0.2, 0.25) is 11.8 Å². The van der Waals surface area contributed by atoms with Gasteiger partial charge in [-0.15, -0.1) is 0 Å². The summed E-state index contributed by atoms with van der Waals surface area (Å²) >= 11 is 0. The maximum absolute atomic E-state index is 13.6. The first-order chi connectivity index (χ1) is 28.1. The lowest BCUT2D eigenvalue weighted by atomic mass is 10.0. The molecule has 0 aliphatic carbocycles. The van der Waals surface area contributed by atoms with Gasteiger partial charge < -0.3 is 15.2 Å². The van der Waals surface area contributed by atoms with Crippen LogP contribution in [0.2, 0.25) is 0 Å². The number of benzene rings is 2. The van der Waals surface area contributed by atoms with E-state index in [0.29, 0.717) is 47.3 Å². The molecule has 3 aromatic heterocycles. The lowest BCUT2D eigenvalue weighted by molar-refractivity contribution is -0.136. The number of pyridine rings is 1. The molecule has 0 saturated carbocycles. The second kappa shape index (κ2) is 15.4. The van der Waals surface area contributed by atoms with Crippen molar-refractivity contribution in [3.05, 3.63) is 82.8 Å². The summed E-state index contributed by atoms with van der Waals surface area (Å²) in [6.45, 7) is 7.85. The van der Waals surface area contributed by atoms with E-state index >= 15 is 0 Å². The maximum atomic E-state index is 13.6. The zero-order chi connectivity index (χ0) is 40.1. The van der Waals surface area contributed by atoms with Gasteiger partial charge in [-0.1, -0.05) is 18.6 Å². The number of aromatic nitrogens is 4. The number of carbonyl (C=O) groups excluding carboxylic acids is 5. The van der Waals surface area contributed by atoms with Crippen LogP contribution in [-0.4, -0.2) is 116 Å². The van der Waals surface area contributed by atoms with Crippen LogP contribution in [0.1, 0.15) is 93.4 Å². The predicted molar refractivity (Wildman–Crippen MR) is 219 cm³/mol. The average molecular weight is 785 g/mol. The number of likely N-dealkylation sites (tertiary alicyclic amines) is 1. The van der Waals surface area contributed by atoms with E-state index in [1.54, 1.807) is 12.1 Å². The van der Waals surface area contributed by atoms with Crippen LogP contribution in [-0.2, 0) is 16.1 Å². The summed E-state index contributed by atoms with van der Waals surface area (Å²) in [5.41, 5.74) is 5.92. The van der Waals surface area contributed by atoms with Crippen molar-refractivity contribution in [3.8, 4) is 0 Å². The maximum Gasteiger partial charge on any atom is 0.264 e. The van der Waals surface area contributed by atoms with Crippen molar-refractivity contribution < 1.29 is 24.0 Å². The third-order valence-corrected chi connectivity index (χ3v) is 12.3. The molecule has 3 fully saturated rings. The minimum atomic E-state index is -0.984. The fraction of sp³-hybridized carbons (Fsp3) is 0.419. The Morgan fingerprint density at radius 3 is 2.52 bits per heavy atom. The fourth-order valence-electron chi connectivity index (χ4n) is 9.19. The fourth-order valence-corrected chi connectivity index (χ4v) is 9.19. The monoisotopic (exact) mass is 784 g/mol. The molecule has 15 heteroatoms. The van der Waals surface area contributed by atoms with Crippen LogP contribution in [0.15, 0.2) is 54.7 Å². The first-order valence-electron chi connectivity index (χ1n) is 20.4. The summed E-state index contributed by atoms with van der Waals surface area (Å²) < 4.78 is 2.01. The summed E-state index contributed by atoms with van der Waals surface area (Å²) in [6.07, 6.45) is 7.34. The van der Waals surface area contributed by atoms with Gasteiger partial charge in [-0.2, -0.15) is 5.10 Å². The smallest absolute Gasteiger partial charge is 0.264 e. The van der Waals surface area contributed by atoms with E-state index in [2.05, 4.69) is 48.4 Å². The Labute approximate surface area is 335 Å². The van der Waals surface area contributed by atoms with Gasteiger partial charge in [0.25, 0.3) is 17.7 Å². The molecule has 5 amide bonds. The molecule has 5 aromatic rings. The van der Waals surface area contributed by atoms with Gasteiger partial charge in [-0.05, 0) is 89.5 Å². The number of rotatable bonds is 11. The zero-order valence-electron chi connectivity index (χ0n) is 32.9. The van der Waals surface area contributed by atoms with E-state index in [9.17, 15) is 24.0 Å². The van der Waals surface area contributed by atoms with Gasteiger partial charge in [-0.3, -0.25) is 48.7 Å². The van der Waals surface area contributed by atoms with Gasteiger partial charge >= 0.3 is 0 Å². The highest BCUT2D eigenvalue weighted by Gasteiger charge is 2.46. The highest BCUT2D eigenvalue weighted by Crippen LogP contribution is 2.35. The molecule has 3 saturated heterocycles. The normalized spacial score (nSPS) is 20.4. The lowest BCUT2D eigenvalue weighted by Gasteiger charge is -2.36. The van der Waals surface area contributed by atoms with Crippen LogP contribution < -0.4 is 15.5 Å². The zero-order valence-corrected chi connectivity index (χ0v) is 32.9. The Hall–Kier alpha value is -5.93. The molecule has 4 aliphatic heterocycles. The number of aromatic amines is 1. The molecular weight excluding hydrogens is 737 g/mol. The molecule has 58 heavy (non-hydrogen) atoms. The number of fused-ring (bicyclic) bond motifs is 3. The number of piperazine rings is 1. The second-order valence-electron chi connectivity index (χ2n) is 16.1. The number of nitrogens with one attached hydrogen (secondary N) is 3. The van der Waals surface area contributed by atoms with E-state index in [-0.39, 0.29) is 18.7 Å². The number of H-pyrrole nitrogens is 1. The predicted octanol–water partition coefficient (Wildman–Crippen LogP) is 4.63. The van der Waals surface area contributed by atoms with Crippen LogP contribution in [0, 0.1) is 6.92 Å². The van der Waals surface area contributed by atoms with Gasteiger partial charge in [0, 0.05) is 79.5 Å². The molecule has 300 valence electrons. The summed E-state index contributed by atoms with van der Waals surface area (Å²) in [4.78, 5) is 80.6. The average Bonchev–Trinajstić information content (AvgIpc) is 3.98. The van der Waals surface area contributed by atoms with Crippen molar-refractivity contribution in [1.29, 1.82) is 0 Å². The largest absolute Gasteiger partial charge is 0.368 e. The minimum absolute atomic E-state index is 0.0882. The summed E-state index contributed by atoms with van der Waals surface area (Å²) in [5, 5.41) is 12.1. The van der Waals surface area contributed by atoms with Crippen molar-refractivity contribution in [2.24, 2.45) is 0 Å². The SMILES string of the molecule is Cc1nn(CCCCCN2CCN(c3cccc4c3C(=O)N(C3CCC(=O)NC3=O)C4=O)CC2)c2cc(C(=O)Nc3cc4[nH]c([C@H]5CCCN5C)cc4cn3)ccc12. The Balaban J connectivity index is 0.766. The van der Waals surface area contributed by atoms with Crippen molar-refractivity contribution in [2.45, 2.75) is 70.5 Å². The number of piperidine rings is 1. The molecule has 4 aliphatic rings. The number of hydrogen-bond donors (Lipinski definition) is 3. The Morgan fingerprint density at radius 2 is 1.72 bits per heavy atom. The van der Waals surface area contributed by atoms with Crippen LogP contribution in [0.4, 0.5) is 11.5 Å². The topological polar surface area (TPSA) is 169 Å². The number of aryl methyl sites for hydroxylation is 2. The molecule has 7 heterocycles. The number of anilines is 2. The highest BCUT2D eigenvalue weighted by atomic mass is 16.2. The molecule has 2 atom stereocenters. The quantitative estimate of drug-likeness (QED) is 0.127. The third kappa shape index (κ3) is 7.02. The molecule has 15 nitrogen and oxygen atoms in total. The number of carbonyl (C=O) groups is 5. The lowest BCUT2D eigenvalue weighted by Crippen LogP contribution is -2.54. The Kier molecular flexibility index (Phi) is 10.0. The molecule has 0 bridgehead atoms. The summed E-state index contributed by atoms with van der Waals surface area (Å²) in [6, 6.07) is 14.5. The highest BCUT2D eigenvalue weighted by molar-refractivity contribution is 6.25. The third-order valence-electron chi connectivity index (χ3n) is 12.3. The van der Waals surface area contributed by atoms with Crippen LogP contribution >= 0.6 is 0 Å². The molecule has 9 rings (SSSR count). The molecule has 0 spiro atoms. The van der Waals surface area contributed by atoms with Gasteiger partial charge in [0.15, 0.2) is 0 Å². The van der Waals surface area contributed by atoms with Gasteiger partial charge in [0.05, 0.1) is 33.5 Å². The minimum Gasteiger partial charge on any atom is -0.368 e. The standard InChI is InChI=1S/C43H48N10O5/c1-26-29-12-11-27(40(55)46-37-24-31-28(25-44-37)22-32(45-31)33-10-7-15-49(33)2)23-36(29)52(48-26)17-5-3-4-16-50-18-20-51(21-19-50)34-9-6-8-30-39(34)43(58)53(42(30)57)35-13-14-38(54)47-41(35)56/h6,8-9,11-12,22-25,33,35,45H,3-5,7,10,13-21H2,1-2H3,(H,44,46,55)(H,47,54,56)/t33-,35?/m1/s1. The number of amides is 5. The molecule has 2 aromatic carbocycles. The summed E-state index contributed by atoms with van der Waals surface area (Å²) in [5.74, 6) is -1.67. The molecule has 0 radical (unpaired) electrons. The van der Waals surface area contributed by atoms with E-state index in [0.717, 1.165) is 90.8 Å². The first-order valence-corrected chi connectivity index (χ1v) is 20.4. The van der Waals surface area contributed by atoms with E-state index in [1.807, 2.05) is 48.1 Å². The Bertz CT molecular complexity index is 2460. The molecule has 3 N–H and O–H groups in total. The van der Waals surface area contributed by atoms with E-state index in [4.69, 9.17) is 5.10 Å². The number of hydrogen-bond acceptors (Lipinski definition) is 10. The number of unbranched alkanes of at least 4 members (excludes halogenated alkanes) is 2. The Morgan fingerprint density at radius 1 is 0.897 bits per heavy atom. The van der Waals surface area contributed by atoms with Crippen LogP contribution in [0.25, 0.3) is 21.8 Å². The van der Waals surface area contributed by atoms with Crippen molar-refractivity contribution >= 4 is 62.8 Å². The van der Waals surface area contributed by atoms with Crippen LogP contribution in [0.5, 0.6) is 0 Å². The molecular formula is C43H48N10O5. The van der Waals surface area contributed by atoms with E-state index < -0.39 is 29.7 Å². The number of imide groups is 2. The van der Waals surface area contributed by atoms with Gasteiger partial charge in [0.1, 0.15) is 11.9 Å². The number of nitrogens with zero attached hydrogens (tertiary/aromatic N) is 7. The van der Waals surface area contributed by atoms with Crippen molar-refractivity contribution in [3.63, 3.8) is 0 Å². The van der Waals surface area contributed by atoms with Gasteiger partial charge in [-0.25, -0.2) is 4.98 Å². The van der Waals surface area contributed by atoms with Crippen molar-refractivity contribution in [2.75, 3.05) is 56.5 Å². The first kappa shape index (κ1) is 37.6. The summed E-state index contributed by atoms with van der Waals surface area (Å²) in [7, 11) is 2.15. The second-order valence-corrected chi connectivity index (χ2v) is 16.1. The molecule has 1 unspecified atom stereocenters.